The SMILES string of the molecule is CCCCCCCCOc1ccc(C(C)(C)C)cc1C(O)(c1cc(C(C)(C)C)ccc1OCCCCCCCC)[C@@H](N)c1ccccc1. The van der Waals surface area contributed by atoms with Gasteiger partial charge in [-0.05, 0) is 64.6 Å². The third-order valence-corrected chi connectivity index (χ3v) is 9.63. The predicted octanol–water partition coefficient (Wildman–Crippen LogP) is 11.7. The van der Waals surface area contributed by atoms with E-state index in [2.05, 4.69) is 79.7 Å². The molecule has 4 heteroatoms. The van der Waals surface area contributed by atoms with Gasteiger partial charge >= 0.3 is 0 Å². The first-order valence-corrected chi connectivity index (χ1v) is 18.9. The third kappa shape index (κ3) is 11.1. The van der Waals surface area contributed by atoms with Gasteiger partial charge in [-0.1, -0.05) is 162 Å². The number of nitrogens with two attached hydrogens (primary N) is 1. The van der Waals surface area contributed by atoms with Crippen molar-refractivity contribution in [2.45, 2.75) is 155 Å². The van der Waals surface area contributed by atoms with E-state index in [9.17, 15) is 5.11 Å². The van der Waals surface area contributed by atoms with Crippen LogP contribution in [0.15, 0.2) is 66.7 Å². The normalized spacial score (nSPS) is 13.0. The average molecular weight is 658 g/mol. The van der Waals surface area contributed by atoms with E-state index in [4.69, 9.17) is 15.2 Å². The molecule has 4 nitrogen and oxygen atoms in total. The van der Waals surface area contributed by atoms with Crippen LogP contribution in [0.1, 0.15) is 166 Å². The van der Waals surface area contributed by atoms with Gasteiger partial charge < -0.3 is 20.3 Å². The van der Waals surface area contributed by atoms with Crippen molar-refractivity contribution in [2.75, 3.05) is 13.2 Å². The Hall–Kier alpha value is -2.82. The van der Waals surface area contributed by atoms with Gasteiger partial charge in [-0.3, -0.25) is 0 Å². The molecule has 0 heterocycles. The fraction of sp³-hybridized carbons (Fsp3) is 0.591. The number of hydrogen-bond donors (Lipinski definition) is 2. The zero-order valence-electron chi connectivity index (χ0n) is 31.7. The molecule has 0 bridgehead atoms. The second-order valence-corrected chi connectivity index (χ2v) is 15.8. The van der Waals surface area contributed by atoms with Crippen LogP contribution in [0.5, 0.6) is 11.5 Å². The molecule has 3 aromatic carbocycles. The number of ether oxygens (including phenoxy) is 2. The van der Waals surface area contributed by atoms with Crippen molar-refractivity contribution in [3.63, 3.8) is 0 Å². The summed E-state index contributed by atoms with van der Waals surface area (Å²) in [6.07, 6.45) is 14.2. The number of benzene rings is 3. The fourth-order valence-electron chi connectivity index (χ4n) is 6.35. The first-order chi connectivity index (χ1) is 22.8. The zero-order valence-corrected chi connectivity index (χ0v) is 31.7. The second-order valence-electron chi connectivity index (χ2n) is 15.8. The van der Waals surface area contributed by atoms with Crippen LogP contribution in [0.25, 0.3) is 0 Å². The lowest BCUT2D eigenvalue weighted by Crippen LogP contribution is -2.41. The Bertz CT molecular complexity index is 1270. The fourth-order valence-corrected chi connectivity index (χ4v) is 6.35. The van der Waals surface area contributed by atoms with Crippen molar-refractivity contribution in [1.82, 2.24) is 0 Å². The van der Waals surface area contributed by atoms with Crippen LogP contribution in [0.2, 0.25) is 0 Å². The van der Waals surface area contributed by atoms with Crippen molar-refractivity contribution >= 4 is 0 Å². The lowest BCUT2D eigenvalue weighted by atomic mass is 9.73. The smallest absolute Gasteiger partial charge is 0.141 e. The molecule has 0 saturated carbocycles. The summed E-state index contributed by atoms with van der Waals surface area (Å²) in [6, 6.07) is 21.8. The number of unbranched alkanes of at least 4 members (excludes halogenated alkanes) is 10. The van der Waals surface area contributed by atoms with E-state index in [1.54, 1.807) is 0 Å². The Morgan fingerprint density at radius 3 is 1.35 bits per heavy atom. The molecule has 0 unspecified atom stereocenters. The van der Waals surface area contributed by atoms with E-state index >= 15 is 0 Å². The molecule has 0 radical (unpaired) electrons. The highest BCUT2D eigenvalue weighted by atomic mass is 16.5. The Balaban J connectivity index is 2.17. The van der Waals surface area contributed by atoms with E-state index in [-0.39, 0.29) is 10.8 Å². The van der Waals surface area contributed by atoms with Crippen molar-refractivity contribution in [3.8, 4) is 11.5 Å². The Kier molecular flexibility index (Phi) is 15.5. The molecule has 0 aliphatic rings. The maximum Gasteiger partial charge on any atom is 0.141 e. The lowest BCUT2D eigenvalue weighted by molar-refractivity contribution is 0.0444. The van der Waals surface area contributed by atoms with Gasteiger partial charge in [-0.2, -0.15) is 0 Å². The maximum atomic E-state index is 13.5. The van der Waals surface area contributed by atoms with Crippen LogP contribution in [-0.4, -0.2) is 18.3 Å². The summed E-state index contributed by atoms with van der Waals surface area (Å²) in [7, 11) is 0. The number of aliphatic hydroxyl groups is 1. The van der Waals surface area contributed by atoms with E-state index in [0.29, 0.717) is 35.8 Å². The van der Waals surface area contributed by atoms with Gasteiger partial charge in [0.2, 0.25) is 0 Å². The monoisotopic (exact) mass is 658 g/mol. The lowest BCUT2D eigenvalue weighted by Gasteiger charge is -2.39. The number of rotatable bonds is 20. The molecule has 48 heavy (non-hydrogen) atoms. The summed E-state index contributed by atoms with van der Waals surface area (Å²) in [5, 5.41) is 13.5. The molecule has 3 aromatic rings. The number of hydrogen-bond acceptors (Lipinski definition) is 4. The minimum absolute atomic E-state index is 0.144. The summed E-state index contributed by atoms with van der Waals surface area (Å²) >= 11 is 0. The summed E-state index contributed by atoms with van der Waals surface area (Å²) < 4.78 is 13.2. The minimum Gasteiger partial charge on any atom is -0.493 e. The van der Waals surface area contributed by atoms with Crippen LogP contribution in [0.4, 0.5) is 0 Å². The summed E-state index contributed by atoms with van der Waals surface area (Å²) in [5.41, 5.74) is 9.81. The second kappa shape index (κ2) is 18.8. The minimum atomic E-state index is -1.64. The first-order valence-electron chi connectivity index (χ1n) is 18.9. The van der Waals surface area contributed by atoms with E-state index in [1.807, 2.05) is 42.5 Å². The Labute approximate surface area is 293 Å². The highest BCUT2D eigenvalue weighted by Gasteiger charge is 2.44. The third-order valence-electron chi connectivity index (χ3n) is 9.63. The Morgan fingerprint density at radius 1 is 0.562 bits per heavy atom. The maximum absolute atomic E-state index is 13.5. The molecule has 0 aliphatic heterocycles. The van der Waals surface area contributed by atoms with Crippen LogP contribution in [0, 0.1) is 0 Å². The molecule has 0 aliphatic carbocycles. The van der Waals surface area contributed by atoms with Gasteiger partial charge in [0.05, 0.1) is 19.3 Å². The molecule has 0 aromatic heterocycles. The predicted molar refractivity (Wildman–Crippen MR) is 204 cm³/mol. The van der Waals surface area contributed by atoms with E-state index in [0.717, 1.165) is 42.4 Å². The van der Waals surface area contributed by atoms with Crippen molar-refractivity contribution in [3.05, 3.63) is 94.5 Å². The summed E-state index contributed by atoms with van der Waals surface area (Å²) in [5.74, 6) is 1.35. The first kappa shape index (κ1) is 39.6. The Morgan fingerprint density at radius 2 is 0.958 bits per heavy atom. The average Bonchev–Trinajstić information content (AvgIpc) is 3.06. The molecule has 0 fully saturated rings. The van der Waals surface area contributed by atoms with Crippen molar-refractivity contribution < 1.29 is 14.6 Å². The quantitative estimate of drug-likeness (QED) is 0.119. The van der Waals surface area contributed by atoms with Crippen LogP contribution >= 0.6 is 0 Å². The molecule has 0 amide bonds. The molecule has 3 N–H and O–H groups in total. The van der Waals surface area contributed by atoms with Gasteiger partial charge in [-0.15, -0.1) is 0 Å². The highest BCUT2D eigenvalue weighted by molar-refractivity contribution is 5.55. The van der Waals surface area contributed by atoms with E-state index in [1.165, 1.54) is 51.4 Å². The topological polar surface area (TPSA) is 64.7 Å². The summed E-state index contributed by atoms with van der Waals surface area (Å²) in [6.45, 7) is 18.9. The van der Waals surface area contributed by atoms with Crippen LogP contribution in [-0.2, 0) is 16.4 Å². The molecule has 266 valence electrons. The van der Waals surface area contributed by atoms with Crippen LogP contribution in [0.3, 0.4) is 0 Å². The molecule has 3 rings (SSSR count). The van der Waals surface area contributed by atoms with Gasteiger partial charge in [0.15, 0.2) is 0 Å². The molecular formula is C44H67NO3. The molecule has 1 atom stereocenters. The molecule has 0 spiro atoms. The zero-order chi connectivity index (χ0) is 35.2. The van der Waals surface area contributed by atoms with Gasteiger partial charge in [0.1, 0.15) is 17.1 Å². The molecular weight excluding hydrogens is 590 g/mol. The van der Waals surface area contributed by atoms with Gasteiger partial charge in [0.25, 0.3) is 0 Å². The van der Waals surface area contributed by atoms with Crippen molar-refractivity contribution in [1.29, 1.82) is 0 Å². The standard InChI is InChI=1S/C44H67NO3/c1-9-11-13-15-17-22-30-47-39-28-26-35(42(3,4)5)32-37(39)44(46,41(45)34-24-20-19-21-25-34)38-33-36(43(6,7)8)27-29-40(38)48-31-23-18-16-14-12-10-2/h19-21,24-29,32-33,41,46H,9-18,22-23,30-31,45H2,1-8H3/t41-/m0/s1. The van der Waals surface area contributed by atoms with Gasteiger partial charge in [-0.25, -0.2) is 0 Å². The molecule has 0 saturated heterocycles. The largest absolute Gasteiger partial charge is 0.493 e. The van der Waals surface area contributed by atoms with E-state index < -0.39 is 11.6 Å². The van der Waals surface area contributed by atoms with Crippen LogP contribution < -0.4 is 15.2 Å². The summed E-state index contributed by atoms with van der Waals surface area (Å²) in [4.78, 5) is 0. The van der Waals surface area contributed by atoms with Gasteiger partial charge in [0, 0.05) is 11.1 Å². The van der Waals surface area contributed by atoms with Crippen molar-refractivity contribution in [2.24, 2.45) is 5.73 Å². The highest BCUT2D eigenvalue weighted by Crippen LogP contribution is 2.49.